The van der Waals surface area contributed by atoms with E-state index in [1.165, 1.54) is 0 Å². The molecule has 0 heterocycles. The molecule has 0 fully saturated rings. The summed E-state index contributed by atoms with van der Waals surface area (Å²) in [5.74, 6) is 0. The normalized spacial score (nSPS) is 12.9. The molecule has 0 aromatic carbocycles. The lowest BCUT2D eigenvalue weighted by Crippen LogP contribution is -2.26. The van der Waals surface area contributed by atoms with Crippen molar-refractivity contribution in [1.82, 2.24) is 0 Å². The third kappa shape index (κ3) is 2.21. The molecule has 0 aliphatic heterocycles. The van der Waals surface area contributed by atoms with Gasteiger partial charge in [0.15, 0.2) is 0 Å². The zero-order valence-corrected chi connectivity index (χ0v) is 7.35. The maximum absolute atomic E-state index is 8.43. The van der Waals surface area contributed by atoms with Gasteiger partial charge in [0.05, 0.1) is 11.5 Å². The van der Waals surface area contributed by atoms with E-state index in [-0.39, 0.29) is 0 Å². The first-order valence-electron chi connectivity index (χ1n) is 2.29. The molecule has 0 aliphatic carbocycles. The highest BCUT2D eigenvalue weighted by molar-refractivity contribution is 6.68. The van der Waals surface area contributed by atoms with Gasteiger partial charge in [-0.25, -0.2) is 0 Å². The maximum Gasteiger partial charge on any atom is 0.208 e. The third-order valence-corrected chi connectivity index (χ3v) is 2.41. The lowest BCUT2D eigenvalue weighted by molar-refractivity contribution is 0.509. The van der Waals surface area contributed by atoms with Crippen LogP contribution in [0.5, 0.6) is 0 Å². The summed E-state index contributed by atoms with van der Waals surface area (Å²) in [5, 5.41) is 8.43. The van der Waals surface area contributed by atoms with Crippen molar-refractivity contribution in [3.05, 3.63) is 0 Å². The summed E-state index contributed by atoms with van der Waals surface area (Å²) in [4.78, 5) is 0. The number of nitrogens with zero attached hydrogens (tertiary/aromatic N) is 1. The molecule has 52 valence electrons. The van der Waals surface area contributed by atoms with Gasteiger partial charge in [0, 0.05) is 0 Å². The van der Waals surface area contributed by atoms with E-state index in [0.29, 0.717) is 0 Å². The van der Waals surface area contributed by atoms with Crippen molar-refractivity contribution in [2.24, 2.45) is 5.41 Å². The Bertz CT molecular complexity index is 139. The Morgan fingerprint density at radius 3 is 1.56 bits per heavy atom. The van der Waals surface area contributed by atoms with Crippen molar-refractivity contribution in [3.63, 3.8) is 0 Å². The van der Waals surface area contributed by atoms with Crippen LogP contribution >= 0.6 is 34.8 Å². The summed E-state index contributed by atoms with van der Waals surface area (Å²) >= 11 is 16.3. The first-order chi connectivity index (χ1) is 3.81. The first-order valence-corrected chi connectivity index (χ1v) is 3.42. The van der Waals surface area contributed by atoms with Gasteiger partial charge in [0.1, 0.15) is 0 Å². The third-order valence-electron chi connectivity index (χ3n) is 0.988. The highest BCUT2D eigenvalue weighted by atomic mass is 35.6. The van der Waals surface area contributed by atoms with Crippen LogP contribution in [0.2, 0.25) is 0 Å². The number of alkyl halides is 3. The fourth-order valence-corrected chi connectivity index (χ4v) is 0.190. The van der Waals surface area contributed by atoms with E-state index in [9.17, 15) is 0 Å². The van der Waals surface area contributed by atoms with Gasteiger partial charge in [-0.3, -0.25) is 0 Å². The maximum atomic E-state index is 8.43. The van der Waals surface area contributed by atoms with Gasteiger partial charge in [0.25, 0.3) is 0 Å². The lowest BCUT2D eigenvalue weighted by atomic mass is 9.99. The van der Waals surface area contributed by atoms with Gasteiger partial charge in [-0.1, -0.05) is 34.8 Å². The second-order valence-electron chi connectivity index (χ2n) is 2.23. The van der Waals surface area contributed by atoms with Crippen LogP contribution in [-0.2, 0) is 0 Å². The molecule has 0 rings (SSSR count). The van der Waals surface area contributed by atoms with Crippen LogP contribution in [0.15, 0.2) is 0 Å². The Morgan fingerprint density at radius 1 is 1.22 bits per heavy atom. The van der Waals surface area contributed by atoms with Crippen LogP contribution < -0.4 is 0 Å². The van der Waals surface area contributed by atoms with Gasteiger partial charge in [-0.2, -0.15) is 5.26 Å². The van der Waals surface area contributed by atoms with Gasteiger partial charge >= 0.3 is 0 Å². The van der Waals surface area contributed by atoms with Crippen molar-refractivity contribution in [3.8, 4) is 6.07 Å². The number of hydrogen-bond acceptors (Lipinski definition) is 1. The topological polar surface area (TPSA) is 23.8 Å². The predicted molar refractivity (Wildman–Crippen MR) is 39.7 cm³/mol. The highest BCUT2D eigenvalue weighted by Gasteiger charge is 2.40. The molecule has 1 nitrogen and oxygen atoms in total. The van der Waals surface area contributed by atoms with Crippen LogP contribution in [0.25, 0.3) is 0 Å². The van der Waals surface area contributed by atoms with Gasteiger partial charge in [0.2, 0.25) is 3.79 Å². The second-order valence-corrected chi connectivity index (χ2v) is 4.52. The molecular weight excluding hydrogens is 180 g/mol. The Labute approximate surface area is 69.5 Å². The van der Waals surface area contributed by atoms with E-state index in [2.05, 4.69) is 0 Å². The minimum absolute atomic E-state index is 0.919. The monoisotopic (exact) mass is 185 g/mol. The summed E-state index contributed by atoms with van der Waals surface area (Å²) in [5.41, 5.74) is -0.919. The van der Waals surface area contributed by atoms with E-state index >= 15 is 0 Å². The number of rotatable bonds is 0. The second kappa shape index (κ2) is 2.54. The van der Waals surface area contributed by atoms with Crippen LogP contribution in [0, 0.1) is 16.7 Å². The highest BCUT2D eigenvalue weighted by Crippen LogP contribution is 2.43. The molecule has 0 saturated carbocycles. The molecule has 0 spiro atoms. The van der Waals surface area contributed by atoms with Gasteiger partial charge in [-0.05, 0) is 13.8 Å². The first kappa shape index (κ1) is 9.36. The molecule has 0 radical (unpaired) electrons. The van der Waals surface area contributed by atoms with E-state index in [0.717, 1.165) is 0 Å². The Hall–Kier alpha value is 0.360. The summed E-state index contributed by atoms with van der Waals surface area (Å²) in [6.07, 6.45) is 0. The van der Waals surface area contributed by atoms with Crippen LogP contribution in [0.1, 0.15) is 13.8 Å². The zero-order valence-electron chi connectivity index (χ0n) is 5.08. The summed E-state index contributed by atoms with van der Waals surface area (Å²) in [7, 11) is 0. The number of halogens is 3. The van der Waals surface area contributed by atoms with Crippen molar-refractivity contribution < 1.29 is 0 Å². The minimum atomic E-state index is -1.50. The van der Waals surface area contributed by atoms with E-state index in [1.807, 2.05) is 6.07 Å². The molecule has 0 saturated heterocycles. The standard InChI is InChI=1S/C5H6Cl3N/c1-4(2,3-9)5(6,7)8/h1-2H3. The summed E-state index contributed by atoms with van der Waals surface area (Å²) in [6.45, 7) is 3.14. The Balaban J connectivity index is 4.39. The van der Waals surface area contributed by atoms with E-state index in [1.54, 1.807) is 13.8 Å². The van der Waals surface area contributed by atoms with Crippen molar-refractivity contribution >= 4 is 34.8 Å². The molecule has 0 unspecified atom stereocenters. The number of hydrogen-bond donors (Lipinski definition) is 0. The van der Waals surface area contributed by atoms with E-state index in [4.69, 9.17) is 40.1 Å². The van der Waals surface area contributed by atoms with Crippen molar-refractivity contribution in [2.75, 3.05) is 0 Å². The largest absolute Gasteiger partial charge is 0.208 e. The SMILES string of the molecule is CC(C)(C#N)C(Cl)(Cl)Cl. The molecule has 9 heavy (non-hydrogen) atoms. The average molecular weight is 186 g/mol. The summed E-state index contributed by atoms with van der Waals surface area (Å²) < 4.78 is -1.50. The van der Waals surface area contributed by atoms with Gasteiger partial charge in [-0.15, -0.1) is 0 Å². The molecule has 0 bridgehead atoms. The van der Waals surface area contributed by atoms with Crippen LogP contribution in [0.4, 0.5) is 0 Å². The quantitative estimate of drug-likeness (QED) is 0.534. The molecule has 0 aromatic heterocycles. The Morgan fingerprint density at radius 2 is 1.56 bits per heavy atom. The van der Waals surface area contributed by atoms with Gasteiger partial charge < -0.3 is 0 Å². The van der Waals surface area contributed by atoms with E-state index < -0.39 is 9.21 Å². The minimum Gasteiger partial charge on any atom is -0.198 e. The molecule has 4 heteroatoms. The summed E-state index contributed by atoms with van der Waals surface area (Å²) in [6, 6.07) is 1.89. The zero-order chi connectivity index (χ0) is 7.71. The van der Waals surface area contributed by atoms with Crippen molar-refractivity contribution in [2.45, 2.75) is 17.6 Å². The fourth-order valence-electron chi connectivity index (χ4n) is 0.0634. The lowest BCUT2D eigenvalue weighted by Gasteiger charge is -2.23. The molecular formula is C5H6Cl3N. The molecule has 0 N–H and O–H groups in total. The van der Waals surface area contributed by atoms with Crippen molar-refractivity contribution in [1.29, 1.82) is 5.26 Å². The fraction of sp³-hybridized carbons (Fsp3) is 0.800. The number of nitriles is 1. The Kier molecular flexibility index (Phi) is 2.64. The molecule has 0 aliphatic rings. The molecule has 0 atom stereocenters. The van der Waals surface area contributed by atoms with Crippen LogP contribution in [-0.4, -0.2) is 3.79 Å². The molecule has 0 aromatic rings. The van der Waals surface area contributed by atoms with Crippen LogP contribution in [0.3, 0.4) is 0 Å². The molecule has 0 amide bonds. The average Bonchev–Trinajstić information content (AvgIpc) is 1.64. The predicted octanol–water partition coefficient (Wildman–Crippen LogP) is 2.91. The smallest absolute Gasteiger partial charge is 0.198 e.